The molecule has 1 heterocycles. The van der Waals surface area contributed by atoms with Crippen LogP contribution in [0.4, 0.5) is 0 Å². The van der Waals surface area contributed by atoms with Crippen LogP contribution in [0.5, 0.6) is 11.5 Å². The summed E-state index contributed by atoms with van der Waals surface area (Å²) in [5, 5.41) is 1.23. The molecule has 0 saturated heterocycles. The lowest BCUT2D eigenvalue weighted by Gasteiger charge is -2.07. The van der Waals surface area contributed by atoms with Crippen molar-refractivity contribution in [3.8, 4) is 11.5 Å². The Morgan fingerprint density at radius 2 is 1.70 bits per heavy atom. The molecule has 0 aliphatic heterocycles. The van der Waals surface area contributed by atoms with Gasteiger partial charge in [-0.25, -0.2) is 0 Å². The van der Waals surface area contributed by atoms with Crippen LogP contribution in [0.1, 0.15) is 11.3 Å². The van der Waals surface area contributed by atoms with Gasteiger partial charge in [-0.3, -0.25) is 0 Å². The average molecular weight is 306 g/mol. The van der Waals surface area contributed by atoms with E-state index < -0.39 is 0 Å². The average Bonchev–Trinajstić information content (AvgIpc) is 2.61. The minimum absolute atomic E-state index is 0.813. The first kappa shape index (κ1) is 15.1. The molecule has 3 rings (SSSR count). The first-order valence-electron chi connectivity index (χ1n) is 7.51. The molecule has 0 fully saturated rings. The number of benzene rings is 2. The standard InChI is InChI=1S/C20H20NO2/c1-21-17(10-8-15-6-4-5-7-19(15)21)11-9-16-14-18(22-2)12-13-20(16)23-3/h4-14H,1-3H3/q+1/b11-9-. The molecule has 2 aromatic carbocycles. The number of fused-ring (bicyclic) bond motifs is 1. The quantitative estimate of drug-likeness (QED) is 0.683. The molecule has 0 atom stereocenters. The van der Waals surface area contributed by atoms with Crippen LogP contribution in [0.2, 0.25) is 0 Å². The predicted octanol–water partition coefficient (Wildman–Crippen LogP) is 3.85. The van der Waals surface area contributed by atoms with Gasteiger partial charge in [0, 0.05) is 29.2 Å². The van der Waals surface area contributed by atoms with E-state index in [1.165, 1.54) is 10.9 Å². The van der Waals surface area contributed by atoms with Crippen molar-refractivity contribution in [1.29, 1.82) is 0 Å². The molecule has 0 saturated carbocycles. The van der Waals surface area contributed by atoms with Gasteiger partial charge in [0.25, 0.3) is 0 Å². The summed E-state index contributed by atoms with van der Waals surface area (Å²) in [7, 11) is 5.42. The van der Waals surface area contributed by atoms with E-state index in [1.54, 1.807) is 14.2 Å². The lowest BCUT2D eigenvalue weighted by molar-refractivity contribution is -0.646. The summed E-state index contributed by atoms with van der Waals surface area (Å²) >= 11 is 0. The SMILES string of the molecule is COc1ccc(OC)c(/C=C\c2ccc3ccccc3[n+]2C)c1. The second kappa shape index (κ2) is 6.53. The van der Waals surface area contributed by atoms with Crippen molar-refractivity contribution >= 4 is 23.1 Å². The number of aromatic nitrogens is 1. The fraction of sp³-hybridized carbons (Fsp3) is 0.150. The number of para-hydroxylation sites is 1. The zero-order chi connectivity index (χ0) is 16.2. The zero-order valence-corrected chi connectivity index (χ0v) is 13.6. The van der Waals surface area contributed by atoms with Crippen LogP contribution in [0.15, 0.2) is 54.6 Å². The van der Waals surface area contributed by atoms with Crippen LogP contribution < -0.4 is 14.0 Å². The van der Waals surface area contributed by atoms with Crippen LogP contribution in [0.3, 0.4) is 0 Å². The van der Waals surface area contributed by atoms with E-state index in [1.807, 2.05) is 24.3 Å². The van der Waals surface area contributed by atoms with Crippen LogP contribution in [-0.4, -0.2) is 14.2 Å². The molecule has 0 aliphatic rings. The zero-order valence-electron chi connectivity index (χ0n) is 13.6. The van der Waals surface area contributed by atoms with E-state index in [0.29, 0.717) is 0 Å². The Morgan fingerprint density at radius 1 is 0.870 bits per heavy atom. The lowest BCUT2D eigenvalue weighted by atomic mass is 10.1. The first-order valence-corrected chi connectivity index (χ1v) is 7.51. The molecule has 3 nitrogen and oxygen atoms in total. The third-order valence-electron chi connectivity index (χ3n) is 3.99. The molecule has 116 valence electrons. The van der Waals surface area contributed by atoms with Crippen LogP contribution in [-0.2, 0) is 7.05 Å². The second-order valence-electron chi connectivity index (χ2n) is 5.32. The molecular weight excluding hydrogens is 286 g/mol. The van der Waals surface area contributed by atoms with E-state index in [-0.39, 0.29) is 0 Å². The number of methoxy groups -OCH3 is 2. The summed E-state index contributed by atoms with van der Waals surface area (Å²) in [5.74, 6) is 1.64. The van der Waals surface area contributed by atoms with Crippen molar-refractivity contribution in [1.82, 2.24) is 0 Å². The van der Waals surface area contributed by atoms with Gasteiger partial charge in [0.2, 0.25) is 11.2 Å². The molecule has 0 bridgehead atoms. The fourth-order valence-electron chi connectivity index (χ4n) is 2.67. The van der Waals surface area contributed by atoms with Crippen molar-refractivity contribution in [3.05, 3.63) is 65.9 Å². The summed E-state index contributed by atoms with van der Waals surface area (Å²) in [6, 6.07) is 18.4. The number of nitrogens with zero attached hydrogens (tertiary/aromatic N) is 1. The smallest absolute Gasteiger partial charge is 0.212 e. The number of hydrogen-bond acceptors (Lipinski definition) is 2. The van der Waals surface area contributed by atoms with Crippen molar-refractivity contribution in [2.75, 3.05) is 14.2 Å². The van der Waals surface area contributed by atoms with Crippen LogP contribution >= 0.6 is 0 Å². The number of ether oxygens (including phenoxy) is 2. The fourth-order valence-corrected chi connectivity index (χ4v) is 2.67. The molecule has 0 amide bonds. The minimum Gasteiger partial charge on any atom is -0.497 e. The Morgan fingerprint density at radius 3 is 2.48 bits per heavy atom. The van der Waals surface area contributed by atoms with Gasteiger partial charge in [0.15, 0.2) is 0 Å². The maximum atomic E-state index is 5.42. The highest BCUT2D eigenvalue weighted by Crippen LogP contribution is 2.25. The second-order valence-corrected chi connectivity index (χ2v) is 5.32. The van der Waals surface area contributed by atoms with Gasteiger partial charge < -0.3 is 9.47 Å². The van der Waals surface area contributed by atoms with Crippen molar-refractivity contribution in [2.45, 2.75) is 0 Å². The van der Waals surface area contributed by atoms with Gasteiger partial charge in [-0.2, -0.15) is 4.57 Å². The number of rotatable bonds is 4. The Hall–Kier alpha value is -2.81. The third-order valence-corrected chi connectivity index (χ3v) is 3.99. The Kier molecular flexibility index (Phi) is 4.29. The molecule has 23 heavy (non-hydrogen) atoms. The minimum atomic E-state index is 0.813. The van der Waals surface area contributed by atoms with Crippen LogP contribution in [0, 0.1) is 0 Å². The molecule has 3 aromatic rings. The summed E-state index contributed by atoms with van der Waals surface area (Å²) in [6.07, 6.45) is 4.13. The predicted molar refractivity (Wildman–Crippen MR) is 93.6 cm³/mol. The monoisotopic (exact) mass is 306 g/mol. The molecule has 0 unspecified atom stereocenters. The molecule has 0 radical (unpaired) electrons. The maximum Gasteiger partial charge on any atom is 0.212 e. The maximum absolute atomic E-state index is 5.42. The number of aryl methyl sites for hydroxylation is 1. The molecular formula is C20H20NO2+. The van der Waals surface area contributed by atoms with E-state index in [4.69, 9.17) is 9.47 Å². The molecule has 0 spiro atoms. The van der Waals surface area contributed by atoms with Gasteiger partial charge in [0.05, 0.1) is 14.2 Å². The Bertz CT molecular complexity index is 869. The van der Waals surface area contributed by atoms with Gasteiger partial charge >= 0.3 is 0 Å². The normalized spacial score (nSPS) is 11.1. The Balaban J connectivity index is 2.02. The van der Waals surface area contributed by atoms with E-state index in [0.717, 1.165) is 22.8 Å². The molecule has 0 N–H and O–H groups in total. The number of pyridine rings is 1. The Labute approximate surface area is 136 Å². The van der Waals surface area contributed by atoms with Gasteiger partial charge in [0.1, 0.15) is 18.5 Å². The summed E-state index contributed by atoms with van der Waals surface area (Å²) in [4.78, 5) is 0. The lowest BCUT2D eigenvalue weighted by Crippen LogP contribution is -2.32. The van der Waals surface area contributed by atoms with E-state index >= 15 is 0 Å². The van der Waals surface area contributed by atoms with Gasteiger partial charge in [-0.15, -0.1) is 0 Å². The summed E-state index contributed by atoms with van der Waals surface area (Å²) in [5.41, 5.74) is 3.31. The highest BCUT2D eigenvalue weighted by atomic mass is 16.5. The third kappa shape index (κ3) is 3.04. The molecule has 3 heteroatoms. The van der Waals surface area contributed by atoms with Crippen molar-refractivity contribution in [3.63, 3.8) is 0 Å². The van der Waals surface area contributed by atoms with Gasteiger partial charge in [-0.1, -0.05) is 12.1 Å². The van der Waals surface area contributed by atoms with Crippen molar-refractivity contribution in [2.24, 2.45) is 7.05 Å². The summed E-state index contributed by atoms with van der Waals surface area (Å²) in [6.45, 7) is 0. The van der Waals surface area contributed by atoms with E-state index in [9.17, 15) is 0 Å². The van der Waals surface area contributed by atoms with Crippen molar-refractivity contribution < 1.29 is 14.0 Å². The highest BCUT2D eigenvalue weighted by Gasteiger charge is 2.09. The first-order chi connectivity index (χ1) is 11.2. The van der Waals surface area contributed by atoms with Gasteiger partial charge in [-0.05, 0) is 36.4 Å². The number of hydrogen-bond donors (Lipinski definition) is 0. The molecule has 0 aliphatic carbocycles. The van der Waals surface area contributed by atoms with Crippen LogP contribution in [0.25, 0.3) is 23.1 Å². The highest BCUT2D eigenvalue weighted by molar-refractivity contribution is 5.77. The van der Waals surface area contributed by atoms with E-state index in [2.05, 4.69) is 54.1 Å². The summed E-state index contributed by atoms with van der Waals surface area (Å²) < 4.78 is 12.9. The topological polar surface area (TPSA) is 22.3 Å². The molecule has 1 aromatic heterocycles. The largest absolute Gasteiger partial charge is 0.497 e.